The van der Waals surface area contributed by atoms with E-state index >= 15 is 0 Å². The van der Waals surface area contributed by atoms with Crippen molar-refractivity contribution in [3.05, 3.63) is 10.4 Å². The minimum atomic E-state index is -1.14. The van der Waals surface area contributed by atoms with Gasteiger partial charge in [-0.05, 0) is 11.6 Å². The van der Waals surface area contributed by atoms with Gasteiger partial charge >= 0.3 is 17.9 Å². The number of halogens is 2. The Kier molecular flexibility index (Phi) is 6.15. The van der Waals surface area contributed by atoms with Gasteiger partial charge in [-0.15, -0.1) is 5.10 Å². The van der Waals surface area contributed by atoms with Gasteiger partial charge in [0.1, 0.15) is 12.7 Å². The Balaban J connectivity index is 2.04. The molecule has 0 aromatic carbocycles. The lowest BCUT2D eigenvalue weighted by Gasteiger charge is -2.23. The summed E-state index contributed by atoms with van der Waals surface area (Å²) in [5.41, 5.74) is 0.237. The van der Waals surface area contributed by atoms with Crippen LogP contribution in [0, 0.1) is 0 Å². The van der Waals surface area contributed by atoms with Crippen molar-refractivity contribution < 1.29 is 33.3 Å². The molecule has 1 saturated heterocycles. The van der Waals surface area contributed by atoms with Crippen molar-refractivity contribution in [3.8, 4) is 0 Å². The number of ether oxygens (including phenoxy) is 4. The van der Waals surface area contributed by atoms with E-state index in [0.29, 0.717) is 0 Å². The number of hydrogen-bond donors (Lipinski definition) is 0. The van der Waals surface area contributed by atoms with Crippen LogP contribution in [-0.4, -0.2) is 67.8 Å². The van der Waals surface area contributed by atoms with Crippen LogP contribution < -0.4 is 0 Å². The van der Waals surface area contributed by atoms with Gasteiger partial charge in [-0.3, -0.25) is 14.4 Å². The van der Waals surface area contributed by atoms with E-state index in [1.165, 1.54) is 25.5 Å². The van der Waals surface area contributed by atoms with Gasteiger partial charge in [-0.2, -0.15) is 9.67 Å². The largest absolute Gasteiger partial charge is 0.463 e. The van der Waals surface area contributed by atoms with Crippen molar-refractivity contribution >= 4 is 52.3 Å². The molecule has 1 aliphatic heterocycles. The summed E-state index contributed by atoms with van der Waals surface area (Å²) in [5.74, 6) is -1.88. The van der Waals surface area contributed by atoms with Gasteiger partial charge in [0, 0.05) is 20.8 Å². The quantitative estimate of drug-likeness (QED) is 0.278. The van der Waals surface area contributed by atoms with E-state index in [2.05, 4.69) is 20.3 Å². The first-order chi connectivity index (χ1) is 13.7. The second-order valence-corrected chi connectivity index (χ2v) is 6.70. The molecule has 156 valence electrons. The molecule has 0 N–H and O–H groups in total. The van der Waals surface area contributed by atoms with E-state index in [0.717, 1.165) is 0 Å². The number of fused-ring (bicyclic) bond motifs is 1. The van der Waals surface area contributed by atoms with Crippen molar-refractivity contribution in [2.75, 3.05) is 6.61 Å². The Morgan fingerprint density at radius 1 is 1.03 bits per heavy atom. The fourth-order valence-corrected chi connectivity index (χ4v) is 3.24. The highest BCUT2D eigenvalue weighted by atomic mass is 35.5. The van der Waals surface area contributed by atoms with Gasteiger partial charge in [0.2, 0.25) is 5.28 Å². The minimum Gasteiger partial charge on any atom is -0.463 e. The molecule has 0 spiro atoms. The molecule has 0 aliphatic carbocycles. The van der Waals surface area contributed by atoms with E-state index in [4.69, 9.17) is 42.1 Å². The first-order valence-electron chi connectivity index (χ1n) is 8.24. The third-order valence-electron chi connectivity index (χ3n) is 3.84. The molecule has 2 aromatic rings. The molecule has 4 atom stereocenters. The van der Waals surface area contributed by atoms with Crippen LogP contribution in [0.15, 0.2) is 0 Å². The van der Waals surface area contributed by atoms with Gasteiger partial charge in [0.25, 0.3) is 0 Å². The average molecular weight is 448 g/mol. The SMILES string of the molecule is CC(=O)OCC1O[C@@H](n2nnc3c(Cl)nc(Cl)nc32)[C@H](OC(C)=O)[C@@H]1OC(C)=O. The summed E-state index contributed by atoms with van der Waals surface area (Å²) in [6, 6.07) is 0. The van der Waals surface area contributed by atoms with Crippen LogP contribution in [0.2, 0.25) is 10.4 Å². The third kappa shape index (κ3) is 4.54. The lowest BCUT2D eigenvalue weighted by atomic mass is 10.1. The number of aromatic nitrogens is 5. The lowest BCUT2D eigenvalue weighted by Crippen LogP contribution is -2.40. The predicted molar refractivity (Wildman–Crippen MR) is 94.8 cm³/mol. The van der Waals surface area contributed by atoms with E-state index in [1.54, 1.807) is 0 Å². The van der Waals surface area contributed by atoms with E-state index in [-0.39, 0.29) is 28.2 Å². The maximum Gasteiger partial charge on any atom is 0.303 e. The number of hydrogen-bond acceptors (Lipinski definition) is 11. The zero-order valence-electron chi connectivity index (χ0n) is 15.4. The molecule has 29 heavy (non-hydrogen) atoms. The monoisotopic (exact) mass is 447 g/mol. The smallest absolute Gasteiger partial charge is 0.303 e. The highest BCUT2D eigenvalue weighted by Crippen LogP contribution is 2.35. The molecule has 1 aliphatic rings. The van der Waals surface area contributed by atoms with Crippen LogP contribution in [-0.2, 0) is 33.3 Å². The van der Waals surface area contributed by atoms with E-state index < -0.39 is 42.4 Å². The fourth-order valence-electron chi connectivity index (χ4n) is 2.83. The molecular formula is C15H15Cl2N5O7. The van der Waals surface area contributed by atoms with Crippen LogP contribution in [0.5, 0.6) is 0 Å². The number of carbonyl (C=O) groups is 3. The summed E-state index contributed by atoms with van der Waals surface area (Å²) in [4.78, 5) is 42.3. The zero-order valence-corrected chi connectivity index (χ0v) is 16.9. The summed E-state index contributed by atoms with van der Waals surface area (Å²) in [6.45, 7) is 3.31. The Bertz CT molecular complexity index is 968. The van der Waals surface area contributed by atoms with E-state index in [9.17, 15) is 14.4 Å². The van der Waals surface area contributed by atoms with Crippen LogP contribution in [0.4, 0.5) is 0 Å². The van der Waals surface area contributed by atoms with Gasteiger partial charge in [0.15, 0.2) is 34.8 Å². The maximum absolute atomic E-state index is 11.7. The number of esters is 3. The Labute approximate surface area is 173 Å². The first kappa shape index (κ1) is 21.1. The Hall–Kier alpha value is -2.57. The molecule has 0 amide bonds. The van der Waals surface area contributed by atoms with Crippen molar-refractivity contribution in [3.63, 3.8) is 0 Å². The number of nitrogens with zero attached hydrogens (tertiary/aromatic N) is 5. The average Bonchev–Trinajstić information content (AvgIpc) is 3.15. The highest BCUT2D eigenvalue weighted by Gasteiger charge is 2.51. The predicted octanol–water partition coefficient (Wildman–Crippen LogP) is 0.852. The number of carbonyl (C=O) groups excluding carboxylic acids is 3. The molecule has 3 heterocycles. The lowest BCUT2D eigenvalue weighted by molar-refractivity contribution is -0.166. The van der Waals surface area contributed by atoms with Crippen molar-refractivity contribution in [1.82, 2.24) is 25.0 Å². The van der Waals surface area contributed by atoms with Gasteiger partial charge < -0.3 is 18.9 Å². The molecule has 2 aromatic heterocycles. The molecule has 1 fully saturated rings. The molecule has 0 bridgehead atoms. The summed E-state index contributed by atoms with van der Waals surface area (Å²) in [7, 11) is 0. The fraction of sp³-hybridized carbons (Fsp3) is 0.533. The van der Waals surface area contributed by atoms with Crippen molar-refractivity contribution in [1.29, 1.82) is 0 Å². The van der Waals surface area contributed by atoms with Crippen LogP contribution in [0.1, 0.15) is 27.0 Å². The standard InChI is InChI=1S/C15H15Cl2N5O7/c1-5(23)26-4-8-10(27-6(2)24)11(28-7(3)25)14(29-8)22-13-9(20-21-22)12(16)18-15(17)19-13/h8,10-11,14H,4H2,1-3H3/t8?,10-,11-,14-/m1/s1. The Morgan fingerprint density at radius 2 is 1.69 bits per heavy atom. The molecule has 0 saturated carbocycles. The number of rotatable bonds is 5. The molecular weight excluding hydrogens is 433 g/mol. The van der Waals surface area contributed by atoms with Gasteiger partial charge in [-0.1, -0.05) is 16.8 Å². The zero-order chi connectivity index (χ0) is 21.3. The topological polar surface area (TPSA) is 145 Å². The molecule has 14 heteroatoms. The van der Waals surface area contributed by atoms with Gasteiger partial charge in [-0.25, -0.2) is 4.98 Å². The Morgan fingerprint density at radius 3 is 2.31 bits per heavy atom. The van der Waals surface area contributed by atoms with Crippen LogP contribution in [0.25, 0.3) is 11.2 Å². The summed E-state index contributed by atoms with van der Waals surface area (Å²) in [5, 5.41) is 7.62. The molecule has 1 unspecified atom stereocenters. The van der Waals surface area contributed by atoms with Crippen LogP contribution in [0.3, 0.4) is 0 Å². The molecule has 12 nitrogen and oxygen atoms in total. The second-order valence-electron chi connectivity index (χ2n) is 6.01. The van der Waals surface area contributed by atoms with Crippen molar-refractivity contribution in [2.24, 2.45) is 0 Å². The van der Waals surface area contributed by atoms with E-state index in [1.807, 2.05) is 0 Å². The van der Waals surface area contributed by atoms with Crippen molar-refractivity contribution in [2.45, 2.75) is 45.3 Å². The summed E-state index contributed by atoms with van der Waals surface area (Å²) in [6.07, 6.45) is -4.32. The maximum atomic E-state index is 11.7. The highest BCUT2D eigenvalue weighted by molar-refractivity contribution is 6.35. The third-order valence-corrected chi connectivity index (χ3v) is 4.27. The molecule has 0 radical (unpaired) electrons. The molecule has 3 rings (SSSR count). The first-order valence-corrected chi connectivity index (χ1v) is 9.00. The summed E-state index contributed by atoms with van der Waals surface area (Å²) >= 11 is 11.9. The minimum absolute atomic E-state index is 0.0405. The normalized spacial score (nSPS) is 23.8. The second kappa shape index (κ2) is 8.43. The van der Waals surface area contributed by atoms with Crippen LogP contribution >= 0.6 is 23.2 Å². The van der Waals surface area contributed by atoms with Gasteiger partial charge in [0.05, 0.1) is 0 Å². The summed E-state index contributed by atoms with van der Waals surface area (Å²) < 4.78 is 22.6.